The van der Waals surface area contributed by atoms with E-state index in [2.05, 4.69) is 15.3 Å². The average Bonchev–Trinajstić information content (AvgIpc) is 2.37. The van der Waals surface area contributed by atoms with E-state index < -0.39 is 0 Å². The second-order valence-corrected chi connectivity index (χ2v) is 3.91. The van der Waals surface area contributed by atoms with Gasteiger partial charge in [0.15, 0.2) is 5.69 Å². The Morgan fingerprint density at radius 1 is 1.41 bits per heavy atom. The fourth-order valence-electron chi connectivity index (χ4n) is 1.92. The van der Waals surface area contributed by atoms with Crippen LogP contribution >= 0.6 is 0 Å². The maximum atomic E-state index is 11.8. The summed E-state index contributed by atoms with van der Waals surface area (Å²) in [6, 6.07) is 0. The Balaban J connectivity index is 2.44. The van der Waals surface area contributed by atoms with Crippen molar-refractivity contribution < 1.29 is 9.53 Å². The van der Waals surface area contributed by atoms with Crippen LogP contribution in [0.2, 0.25) is 0 Å². The molecule has 92 valence electrons. The number of aromatic nitrogens is 2. The second-order valence-electron chi connectivity index (χ2n) is 3.91. The van der Waals surface area contributed by atoms with Crippen LogP contribution in [0.4, 0.5) is 0 Å². The van der Waals surface area contributed by atoms with Crippen LogP contribution in [0.15, 0.2) is 0 Å². The number of hydrogen-bond donors (Lipinski definition) is 1. The predicted molar refractivity (Wildman–Crippen MR) is 62.8 cm³/mol. The zero-order chi connectivity index (χ0) is 12.3. The summed E-state index contributed by atoms with van der Waals surface area (Å²) in [5, 5.41) is 3.23. The van der Waals surface area contributed by atoms with Crippen LogP contribution in [-0.4, -0.2) is 29.1 Å². The van der Waals surface area contributed by atoms with Gasteiger partial charge < -0.3 is 10.1 Å². The number of fused-ring (bicyclic) bond motifs is 1. The molecule has 0 spiro atoms. The summed E-state index contributed by atoms with van der Waals surface area (Å²) in [6.45, 7) is 5.69. The minimum absolute atomic E-state index is 0.343. The number of nitrogens with one attached hydrogen (secondary N) is 1. The van der Waals surface area contributed by atoms with Crippen LogP contribution in [0.3, 0.4) is 0 Å². The molecular formula is C12H17N3O2. The molecule has 0 fully saturated rings. The molecule has 1 aromatic heterocycles. The molecule has 2 rings (SSSR count). The fourth-order valence-corrected chi connectivity index (χ4v) is 1.92. The molecule has 1 aliphatic heterocycles. The molecule has 0 amide bonds. The highest BCUT2D eigenvalue weighted by atomic mass is 16.5. The number of hydrogen-bond acceptors (Lipinski definition) is 5. The molecule has 0 atom stereocenters. The highest BCUT2D eigenvalue weighted by molar-refractivity contribution is 5.89. The van der Waals surface area contributed by atoms with Gasteiger partial charge in [0.25, 0.3) is 0 Å². The first-order valence-electron chi connectivity index (χ1n) is 6.02. The van der Waals surface area contributed by atoms with E-state index >= 15 is 0 Å². The highest BCUT2D eigenvalue weighted by Crippen LogP contribution is 2.16. The molecule has 0 bridgehead atoms. The van der Waals surface area contributed by atoms with Crippen LogP contribution in [0.1, 0.15) is 41.4 Å². The predicted octanol–water partition coefficient (Wildman–Crippen LogP) is 0.861. The molecule has 1 aliphatic rings. The van der Waals surface area contributed by atoms with Gasteiger partial charge in [-0.15, -0.1) is 0 Å². The Kier molecular flexibility index (Phi) is 3.68. The van der Waals surface area contributed by atoms with Gasteiger partial charge in [0, 0.05) is 31.5 Å². The number of carbonyl (C=O) groups is 1. The van der Waals surface area contributed by atoms with E-state index in [1.54, 1.807) is 6.92 Å². The van der Waals surface area contributed by atoms with Crippen molar-refractivity contribution in [3.8, 4) is 0 Å². The van der Waals surface area contributed by atoms with E-state index in [1.807, 2.05) is 6.92 Å². The van der Waals surface area contributed by atoms with Crippen LogP contribution < -0.4 is 5.32 Å². The summed E-state index contributed by atoms with van der Waals surface area (Å²) in [7, 11) is 0. The molecule has 0 unspecified atom stereocenters. The Bertz CT molecular complexity index is 432. The number of ether oxygens (including phenoxy) is 1. The van der Waals surface area contributed by atoms with Crippen molar-refractivity contribution in [3.63, 3.8) is 0 Å². The van der Waals surface area contributed by atoms with Crippen molar-refractivity contribution in [2.75, 3.05) is 13.2 Å². The minimum atomic E-state index is -0.343. The number of rotatable bonds is 3. The zero-order valence-electron chi connectivity index (χ0n) is 10.2. The summed E-state index contributed by atoms with van der Waals surface area (Å²) < 4.78 is 5.04. The summed E-state index contributed by atoms with van der Waals surface area (Å²) in [6.07, 6.45) is 1.57. The van der Waals surface area contributed by atoms with Crippen LogP contribution in [0, 0.1) is 0 Å². The molecule has 0 radical (unpaired) electrons. The van der Waals surface area contributed by atoms with E-state index in [0.29, 0.717) is 24.7 Å². The third-order valence-electron chi connectivity index (χ3n) is 2.76. The van der Waals surface area contributed by atoms with E-state index in [1.165, 1.54) is 0 Å². The summed E-state index contributed by atoms with van der Waals surface area (Å²) in [4.78, 5) is 20.6. The van der Waals surface area contributed by atoms with Crippen molar-refractivity contribution in [1.82, 2.24) is 15.3 Å². The quantitative estimate of drug-likeness (QED) is 0.787. The Morgan fingerprint density at radius 2 is 2.24 bits per heavy atom. The Morgan fingerprint density at radius 3 is 2.94 bits per heavy atom. The van der Waals surface area contributed by atoms with Crippen molar-refractivity contribution in [2.24, 2.45) is 0 Å². The maximum Gasteiger partial charge on any atom is 0.357 e. The van der Waals surface area contributed by atoms with Gasteiger partial charge >= 0.3 is 5.97 Å². The topological polar surface area (TPSA) is 64.1 Å². The number of nitrogens with zero attached hydrogens (tertiary/aromatic N) is 2. The molecule has 2 heterocycles. The van der Waals surface area contributed by atoms with Crippen LogP contribution in [0.25, 0.3) is 0 Å². The summed E-state index contributed by atoms with van der Waals surface area (Å²) in [5.74, 6) is 0.373. The first kappa shape index (κ1) is 12.0. The van der Waals surface area contributed by atoms with Gasteiger partial charge in [-0.3, -0.25) is 0 Å². The van der Waals surface area contributed by atoms with Crippen molar-refractivity contribution in [1.29, 1.82) is 0 Å². The van der Waals surface area contributed by atoms with Gasteiger partial charge in [-0.2, -0.15) is 0 Å². The molecule has 17 heavy (non-hydrogen) atoms. The molecule has 5 heteroatoms. The first-order chi connectivity index (χ1) is 8.26. The standard InChI is InChI=1S/C12H17N3O2/c1-3-10-14-9-5-6-13-7-8(9)11(15-10)12(16)17-4-2/h13H,3-7H2,1-2H3. The normalized spacial score (nSPS) is 14.2. The summed E-state index contributed by atoms with van der Waals surface area (Å²) in [5.41, 5.74) is 2.31. The van der Waals surface area contributed by atoms with Gasteiger partial charge in [-0.25, -0.2) is 14.8 Å². The van der Waals surface area contributed by atoms with E-state index in [-0.39, 0.29) is 5.97 Å². The molecule has 0 saturated heterocycles. The van der Waals surface area contributed by atoms with Crippen LogP contribution in [0.5, 0.6) is 0 Å². The van der Waals surface area contributed by atoms with Gasteiger partial charge in [0.05, 0.1) is 12.3 Å². The first-order valence-corrected chi connectivity index (χ1v) is 6.02. The van der Waals surface area contributed by atoms with Gasteiger partial charge in [0.1, 0.15) is 5.82 Å². The maximum absolute atomic E-state index is 11.8. The zero-order valence-corrected chi connectivity index (χ0v) is 10.2. The number of esters is 1. The smallest absolute Gasteiger partial charge is 0.357 e. The number of aryl methyl sites for hydroxylation is 1. The van der Waals surface area contributed by atoms with Crippen molar-refractivity contribution in [3.05, 3.63) is 22.8 Å². The molecule has 5 nitrogen and oxygen atoms in total. The Labute approximate surface area is 101 Å². The minimum Gasteiger partial charge on any atom is -0.461 e. The van der Waals surface area contributed by atoms with Crippen molar-refractivity contribution in [2.45, 2.75) is 33.2 Å². The van der Waals surface area contributed by atoms with Gasteiger partial charge in [-0.1, -0.05) is 6.92 Å². The fraction of sp³-hybridized carbons (Fsp3) is 0.583. The number of carbonyl (C=O) groups excluding carboxylic acids is 1. The lowest BCUT2D eigenvalue weighted by atomic mass is 10.0. The Hall–Kier alpha value is -1.49. The highest BCUT2D eigenvalue weighted by Gasteiger charge is 2.22. The lowest BCUT2D eigenvalue weighted by Crippen LogP contribution is -2.28. The molecule has 0 saturated carbocycles. The monoisotopic (exact) mass is 235 g/mol. The largest absolute Gasteiger partial charge is 0.461 e. The third-order valence-corrected chi connectivity index (χ3v) is 2.76. The lowest BCUT2D eigenvalue weighted by Gasteiger charge is -2.19. The van der Waals surface area contributed by atoms with Gasteiger partial charge in [0.2, 0.25) is 0 Å². The molecular weight excluding hydrogens is 218 g/mol. The van der Waals surface area contributed by atoms with E-state index in [0.717, 1.165) is 30.6 Å². The van der Waals surface area contributed by atoms with E-state index in [9.17, 15) is 4.79 Å². The molecule has 1 aromatic rings. The lowest BCUT2D eigenvalue weighted by molar-refractivity contribution is 0.0516. The summed E-state index contributed by atoms with van der Waals surface area (Å²) >= 11 is 0. The van der Waals surface area contributed by atoms with Gasteiger partial charge in [-0.05, 0) is 6.92 Å². The average molecular weight is 235 g/mol. The molecule has 0 aliphatic carbocycles. The molecule has 1 N–H and O–H groups in total. The molecule has 0 aromatic carbocycles. The van der Waals surface area contributed by atoms with E-state index in [4.69, 9.17) is 4.74 Å². The van der Waals surface area contributed by atoms with Crippen LogP contribution in [-0.2, 0) is 24.1 Å². The van der Waals surface area contributed by atoms with Crippen molar-refractivity contribution >= 4 is 5.97 Å². The second kappa shape index (κ2) is 5.23. The SMILES string of the molecule is CCOC(=O)c1nc(CC)nc2c1CNCC2. The third kappa shape index (κ3) is 2.44.